The molecule has 0 unspecified atom stereocenters. The molecule has 1 aromatic carbocycles. The molecule has 0 spiro atoms. The number of allylic oxidation sites excluding steroid dienone is 1. The molecule has 122 valence electrons. The molecule has 0 saturated carbocycles. The van der Waals surface area contributed by atoms with E-state index < -0.39 is 0 Å². The van der Waals surface area contributed by atoms with E-state index >= 15 is 0 Å². The van der Waals surface area contributed by atoms with Crippen molar-refractivity contribution in [3.8, 4) is 0 Å². The van der Waals surface area contributed by atoms with Crippen LogP contribution in [0.25, 0.3) is 6.08 Å². The molecule has 0 bridgehead atoms. The van der Waals surface area contributed by atoms with Crippen molar-refractivity contribution in [1.29, 1.82) is 0 Å². The summed E-state index contributed by atoms with van der Waals surface area (Å²) in [6.45, 7) is 2.96. The van der Waals surface area contributed by atoms with Crippen LogP contribution in [0.2, 0.25) is 10.0 Å². The van der Waals surface area contributed by atoms with Crippen molar-refractivity contribution in [3.05, 3.63) is 39.9 Å². The van der Waals surface area contributed by atoms with E-state index in [4.69, 9.17) is 23.2 Å². The summed E-state index contributed by atoms with van der Waals surface area (Å²) in [7, 11) is 4.01. The maximum atomic E-state index is 12.4. The number of unbranched alkanes of at least 4 members (excludes halogenated alkanes) is 2. The second-order valence-electron chi connectivity index (χ2n) is 5.86. The summed E-state index contributed by atoms with van der Waals surface area (Å²) in [6, 6.07) is 5.37. The molecule has 0 fully saturated rings. The van der Waals surface area contributed by atoms with Gasteiger partial charge in [0.15, 0.2) is 5.78 Å². The van der Waals surface area contributed by atoms with Gasteiger partial charge in [0.25, 0.3) is 0 Å². The molecule has 1 rings (SSSR count). The topological polar surface area (TPSA) is 20.3 Å². The Morgan fingerprint density at radius 2 is 1.95 bits per heavy atom. The van der Waals surface area contributed by atoms with Crippen LogP contribution in [0.4, 0.5) is 0 Å². The van der Waals surface area contributed by atoms with Crippen LogP contribution < -0.4 is 0 Å². The summed E-state index contributed by atoms with van der Waals surface area (Å²) >= 11 is 11.9. The molecule has 22 heavy (non-hydrogen) atoms. The molecular weight excluding hydrogens is 317 g/mol. The second kappa shape index (κ2) is 10.0. The molecule has 0 aliphatic rings. The van der Waals surface area contributed by atoms with E-state index in [0.717, 1.165) is 24.9 Å². The van der Waals surface area contributed by atoms with Gasteiger partial charge in [-0.15, -0.1) is 0 Å². The first-order chi connectivity index (χ1) is 10.4. The second-order valence-corrected chi connectivity index (χ2v) is 6.68. The number of carbonyl (C=O) groups excluding carboxylic acids is 1. The fourth-order valence-electron chi connectivity index (χ4n) is 2.34. The molecule has 0 heterocycles. The van der Waals surface area contributed by atoms with Crippen LogP contribution in [0.5, 0.6) is 0 Å². The molecule has 1 aromatic rings. The Morgan fingerprint density at radius 3 is 2.55 bits per heavy atom. The quantitative estimate of drug-likeness (QED) is 0.446. The van der Waals surface area contributed by atoms with Crippen molar-refractivity contribution in [3.63, 3.8) is 0 Å². The summed E-state index contributed by atoms with van der Waals surface area (Å²) < 4.78 is 0. The molecule has 0 aliphatic carbocycles. The van der Waals surface area contributed by atoms with Gasteiger partial charge in [-0.25, -0.2) is 0 Å². The SMILES string of the molecule is CCCCC[C@@H](CN(C)C)C(=O)/C=C/c1ccc(Cl)c(Cl)c1. The van der Waals surface area contributed by atoms with E-state index in [1.165, 1.54) is 12.8 Å². The minimum absolute atomic E-state index is 0.0561. The van der Waals surface area contributed by atoms with Gasteiger partial charge in [-0.1, -0.05) is 61.5 Å². The number of ketones is 1. The van der Waals surface area contributed by atoms with Crippen molar-refractivity contribution < 1.29 is 4.79 Å². The third-order valence-corrected chi connectivity index (χ3v) is 4.27. The number of nitrogens with zero attached hydrogens (tertiary/aromatic N) is 1. The highest BCUT2D eigenvalue weighted by molar-refractivity contribution is 6.42. The molecule has 0 N–H and O–H groups in total. The van der Waals surface area contributed by atoms with Crippen molar-refractivity contribution in [1.82, 2.24) is 4.90 Å². The van der Waals surface area contributed by atoms with Gasteiger partial charge in [0.05, 0.1) is 10.0 Å². The number of hydrogen-bond acceptors (Lipinski definition) is 2. The van der Waals surface area contributed by atoms with Gasteiger partial charge in [-0.2, -0.15) is 0 Å². The average molecular weight is 342 g/mol. The van der Waals surface area contributed by atoms with Gasteiger partial charge in [0, 0.05) is 12.5 Å². The lowest BCUT2D eigenvalue weighted by Gasteiger charge is -2.18. The highest BCUT2D eigenvalue weighted by Crippen LogP contribution is 2.23. The number of carbonyl (C=O) groups is 1. The molecule has 4 heteroatoms. The normalized spacial score (nSPS) is 13.0. The predicted molar refractivity (Wildman–Crippen MR) is 96.7 cm³/mol. The molecule has 0 aromatic heterocycles. The third kappa shape index (κ3) is 6.95. The zero-order chi connectivity index (χ0) is 16.5. The van der Waals surface area contributed by atoms with Crippen molar-refractivity contribution in [2.75, 3.05) is 20.6 Å². The third-order valence-electron chi connectivity index (χ3n) is 3.53. The smallest absolute Gasteiger partial charge is 0.160 e. The standard InChI is InChI=1S/C18H25Cl2NO/c1-4-5-6-7-15(13-21(2)3)18(22)11-9-14-8-10-16(19)17(20)12-14/h8-12,15H,4-7,13H2,1-3H3/b11-9+/t15-/m0/s1. The van der Waals surface area contributed by atoms with Gasteiger partial charge in [-0.05, 0) is 44.3 Å². The summed E-state index contributed by atoms with van der Waals surface area (Å²) in [5.74, 6) is 0.233. The maximum Gasteiger partial charge on any atom is 0.160 e. The van der Waals surface area contributed by atoms with E-state index in [1.54, 1.807) is 18.2 Å². The van der Waals surface area contributed by atoms with Gasteiger partial charge in [0.1, 0.15) is 0 Å². The van der Waals surface area contributed by atoms with Crippen molar-refractivity contribution in [2.45, 2.75) is 32.6 Å². The summed E-state index contributed by atoms with van der Waals surface area (Å²) in [6.07, 6.45) is 7.86. The minimum atomic E-state index is 0.0561. The number of halogens is 2. The Balaban J connectivity index is 2.71. The van der Waals surface area contributed by atoms with Crippen molar-refractivity contribution >= 4 is 35.1 Å². The van der Waals surface area contributed by atoms with Crippen LogP contribution >= 0.6 is 23.2 Å². The van der Waals surface area contributed by atoms with Crippen LogP contribution in [0.15, 0.2) is 24.3 Å². The monoisotopic (exact) mass is 341 g/mol. The summed E-state index contributed by atoms with van der Waals surface area (Å²) in [4.78, 5) is 14.5. The summed E-state index contributed by atoms with van der Waals surface area (Å²) in [5, 5.41) is 1.03. The molecule has 0 aliphatic heterocycles. The van der Waals surface area contributed by atoms with Gasteiger partial charge < -0.3 is 4.90 Å². The van der Waals surface area contributed by atoms with E-state index in [1.807, 2.05) is 26.2 Å². The summed E-state index contributed by atoms with van der Waals surface area (Å²) in [5.41, 5.74) is 0.889. The fraction of sp³-hybridized carbons (Fsp3) is 0.500. The first-order valence-electron chi connectivity index (χ1n) is 7.75. The lowest BCUT2D eigenvalue weighted by atomic mass is 9.95. The van der Waals surface area contributed by atoms with Crippen molar-refractivity contribution in [2.24, 2.45) is 5.92 Å². The molecule has 0 radical (unpaired) electrons. The zero-order valence-electron chi connectivity index (χ0n) is 13.6. The Labute approximate surface area is 144 Å². The van der Waals surface area contributed by atoms with Gasteiger partial charge in [0.2, 0.25) is 0 Å². The minimum Gasteiger partial charge on any atom is -0.309 e. The number of benzene rings is 1. The number of rotatable bonds is 9. The van der Waals surface area contributed by atoms with Crippen LogP contribution in [0.1, 0.15) is 38.2 Å². The van der Waals surface area contributed by atoms with Crippen LogP contribution in [0.3, 0.4) is 0 Å². The number of hydrogen-bond donors (Lipinski definition) is 0. The Kier molecular flexibility index (Phi) is 8.77. The van der Waals surface area contributed by atoms with E-state index in [9.17, 15) is 4.79 Å². The zero-order valence-corrected chi connectivity index (χ0v) is 15.1. The molecule has 2 nitrogen and oxygen atoms in total. The van der Waals surface area contributed by atoms with E-state index in [0.29, 0.717) is 10.0 Å². The first kappa shape index (κ1) is 19.2. The van der Waals surface area contributed by atoms with E-state index in [2.05, 4.69) is 11.8 Å². The Morgan fingerprint density at radius 1 is 1.23 bits per heavy atom. The lowest BCUT2D eigenvalue weighted by molar-refractivity contribution is -0.118. The maximum absolute atomic E-state index is 12.4. The average Bonchev–Trinajstić information content (AvgIpc) is 2.47. The van der Waals surface area contributed by atoms with Crippen LogP contribution in [-0.2, 0) is 4.79 Å². The molecule has 0 amide bonds. The molecule has 0 saturated heterocycles. The lowest BCUT2D eigenvalue weighted by Crippen LogP contribution is -2.27. The van der Waals surface area contributed by atoms with E-state index in [-0.39, 0.29) is 11.7 Å². The Bertz CT molecular complexity index is 512. The van der Waals surface area contributed by atoms with Crippen LogP contribution in [-0.4, -0.2) is 31.3 Å². The predicted octanol–water partition coefficient (Wildman–Crippen LogP) is 5.33. The Hall–Kier alpha value is -0.830. The first-order valence-corrected chi connectivity index (χ1v) is 8.51. The van der Waals surface area contributed by atoms with Gasteiger partial charge >= 0.3 is 0 Å². The largest absolute Gasteiger partial charge is 0.309 e. The molecular formula is C18H25Cl2NO. The highest BCUT2D eigenvalue weighted by Gasteiger charge is 2.16. The highest BCUT2D eigenvalue weighted by atomic mass is 35.5. The fourth-order valence-corrected chi connectivity index (χ4v) is 2.64. The van der Waals surface area contributed by atoms with Crippen LogP contribution in [0, 0.1) is 5.92 Å². The van der Waals surface area contributed by atoms with Gasteiger partial charge in [-0.3, -0.25) is 4.79 Å². The molecule has 1 atom stereocenters.